The topological polar surface area (TPSA) is 44.9 Å². The van der Waals surface area contributed by atoms with E-state index < -0.39 is 0 Å². The second-order valence-electron chi connectivity index (χ2n) is 4.94. The largest absolute Gasteiger partial charge is 0.361 e. The van der Waals surface area contributed by atoms with E-state index in [2.05, 4.69) is 26.2 Å². The van der Waals surface area contributed by atoms with Gasteiger partial charge in [0.15, 0.2) is 0 Å². The summed E-state index contributed by atoms with van der Waals surface area (Å²) in [6.07, 6.45) is 1.94. The van der Waals surface area contributed by atoms with Gasteiger partial charge in [-0.25, -0.2) is 0 Å². The lowest BCUT2D eigenvalue weighted by Crippen LogP contribution is -2.12. The molecule has 98 valence electrons. The highest BCUT2D eigenvalue weighted by atomic mass is 79.9. The first kappa shape index (κ1) is 11.7. The highest BCUT2D eigenvalue weighted by molar-refractivity contribution is 9.10. The molecule has 4 rings (SSSR count). The van der Waals surface area contributed by atoms with Crippen LogP contribution >= 0.6 is 15.9 Å². The second kappa shape index (κ2) is 4.21. The van der Waals surface area contributed by atoms with Crippen molar-refractivity contribution in [3.8, 4) is 0 Å². The van der Waals surface area contributed by atoms with E-state index in [1.807, 2.05) is 48.7 Å². The minimum Gasteiger partial charge on any atom is -0.361 e. The minimum atomic E-state index is -0.251. The fourth-order valence-electron chi connectivity index (χ4n) is 2.87. The maximum atomic E-state index is 12.3. The van der Waals surface area contributed by atoms with Crippen molar-refractivity contribution >= 4 is 38.4 Å². The standard InChI is InChI=1S/C16H11BrN2O/c17-9-5-6-14-11(7-9)15(16(20)19-14)12-8-18-13-4-2-1-3-10(12)13/h1-8,15,18H,(H,19,20). The molecule has 0 fully saturated rings. The van der Waals surface area contributed by atoms with Crippen molar-refractivity contribution in [1.29, 1.82) is 0 Å². The normalized spacial score (nSPS) is 17.2. The fraction of sp³-hybridized carbons (Fsp3) is 0.0625. The molecule has 0 bridgehead atoms. The van der Waals surface area contributed by atoms with Crippen LogP contribution in [0, 0.1) is 0 Å². The van der Waals surface area contributed by atoms with E-state index in [9.17, 15) is 4.79 Å². The number of anilines is 1. The SMILES string of the molecule is O=C1Nc2ccc(Br)cc2C1c1c[nH]c2ccccc12. The van der Waals surface area contributed by atoms with Crippen molar-refractivity contribution < 1.29 is 4.79 Å². The van der Waals surface area contributed by atoms with Gasteiger partial charge >= 0.3 is 0 Å². The fourth-order valence-corrected chi connectivity index (χ4v) is 3.25. The number of hydrogen-bond donors (Lipinski definition) is 2. The summed E-state index contributed by atoms with van der Waals surface area (Å²) in [5.74, 6) is -0.221. The summed E-state index contributed by atoms with van der Waals surface area (Å²) in [4.78, 5) is 15.6. The summed E-state index contributed by atoms with van der Waals surface area (Å²) >= 11 is 3.48. The number of benzene rings is 2. The molecule has 1 aliphatic rings. The van der Waals surface area contributed by atoms with E-state index >= 15 is 0 Å². The monoisotopic (exact) mass is 326 g/mol. The van der Waals surface area contributed by atoms with E-state index in [0.29, 0.717) is 0 Å². The molecule has 1 aliphatic heterocycles. The average molecular weight is 327 g/mol. The van der Waals surface area contributed by atoms with E-state index in [1.54, 1.807) is 0 Å². The first-order chi connectivity index (χ1) is 9.74. The van der Waals surface area contributed by atoms with Crippen molar-refractivity contribution in [2.24, 2.45) is 0 Å². The zero-order valence-corrected chi connectivity index (χ0v) is 12.1. The van der Waals surface area contributed by atoms with Crippen LogP contribution < -0.4 is 5.32 Å². The lowest BCUT2D eigenvalue weighted by Gasteiger charge is -2.08. The molecule has 1 atom stereocenters. The molecule has 0 saturated heterocycles. The summed E-state index contributed by atoms with van der Waals surface area (Å²) in [7, 11) is 0. The zero-order valence-electron chi connectivity index (χ0n) is 10.5. The smallest absolute Gasteiger partial charge is 0.236 e. The van der Waals surface area contributed by atoms with Crippen LogP contribution in [0.3, 0.4) is 0 Å². The Morgan fingerprint density at radius 1 is 1.05 bits per heavy atom. The number of carbonyl (C=O) groups is 1. The van der Waals surface area contributed by atoms with Gasteiger partial charge in [0.1, 0.15) is 0 Å². The molecule has 2 aromatic carbocycles. The predicted octanol–water partition coefficient (Wildman–Crippen LogP) is 4.01. The first-order valence-electron chi connectivity index (χ1n) is 6.40. The van der Waals surface area contributed by atoms with E-state index in [4.69, 9.17) is 0 Å². The number of carbonyl (C=O) groups excluding carboxylic acids is 1. The van der Waals surface area contributed by atoms with E-state index in [1.165, 1.54) is 0 Å². The zero-order chi connectivity index (χ0) is 13.7. The van der Waals surface area contributed by atoms with E-state index in [-0.39, 0.29) is 11.8 Å². The molecule has 4 heteroatoms. The Hall–Kier alpha value is -2.07. The molecule has 1 amide bonds. The number of aromatic amines is 1. The van der Waals surface area contributed by atoms with Gasteiger partial charge in [-0.15, -0.1) is 0 Å². The van der Waals surface area contributed by atoms with Crippen molar-refractivity contribution in [3.05, 3.63) is 64.3 Å². The molecule has 2 heterocycles. The van der Waals surface area contributed by atoms with Crippen LogP contribution in [-0.2, 0) is 4.79 Å². The van der Waals surface area contributed by atoms with Gasteiger partial charge in [0, 0.05) is 27.3 Å². The lowest BCUT2D eigenvalue weighted by atomic mass is 9.92. The molecule has 3 nitrogen and oxygen atoms in total. The van der Waals surface area contributed by atoms with Gasteiger partial charge in [-0.1, -0.05) is 34.1 Å². The maximum Gasteiger partial charge on any atom is 0.236 e. The van der Waals surface area contributed by atoms with Crippen LogP contribution in [0.15, 0.2) is 53.1 Å². The summed E-state index contributed by atoms with van der Waals surface area (Å²) in [6, 6.07) is 13.9. The van der Waals surface area contributed by atoms with E-state index in [0.717, 1.165) is 32.2 Å². The van der Waals surface area contributed by atoms with Crippen molar-refractivity contribution in [2.75, 3.05) is 5.32 Å². The Bertz CT molecular complexity index is 837. The summed E-state index contributed by atoms with van der Waals surface area (Å²) in [5, 5.41) is 4.05. The molecule has 3 aromatic rings. The molecule has 0 spiro atoms. The highest BCUT2D eigenvalue weighted by Crippen LogP contribution is 2.40. The third kappa shape index (κ3) is 1.61. The number of H-pyrrole nitrogens is 1. The third-order valence-corrected chi connectivity index (χ3v) is 4.27. The van der Waals surface area contributed by atoms with Crippen LogP contribution in [0.4, 0.5) is 5.69 Å². The van der Waals surface area contributed by atoms with Gasteiger partial charge in [-0.05, 0) is 35.4 Å². The minimum absolute atomic E-state index is 0.0304. The van der Waals surface area contributed by atoms with Gasteiger partial charge in [0.05, 0.1) is 5.92 Å². The number of nitrogens with one attached hydrogen (secondary N) is 2. The summed E-state index contributed by atoms with van der Waals surface area (Å²) in [6.45, 7) is 0. The maximum absolute atomic E-state index is 12.3. The Balaban J connectivity index is 1.95. The van der Waals surface area contributed by atoms with Crippen molar-refractivity contribution in [1.82, 2.24) is 4.98 Å². The first-order valence-corrected chi connectivity index (χ1v) is 7.19. The number of para-hydroxylation sites is 1. The summed E-state index contributed by atoms with van der Waals surface area (Å²) in [5.41, 5.74) is 4.00. The number of aromatic nitrogens is 1. The molecule has 0 saturated carbocycles. The molecule has 20 heavy (non-hydrogen) atoms. The highest BCUT2D eigenvalue weighted by Gasteiger charge is 2.33. The van der Waals surface area contributed by atoms with Gasteiger partial charge in [0.25, 0.3) is 0 Å². The number of rotatable bonds is 1. The second-order valence-corrected chi connectivity index (χ2v) is 5.86. The number of halogens is 1. The molecule has 1 unspecified atom stereocenters. The van der Waals surface area contributed by atoms with Crippen molar-refractivity contribution in [3.63, 3.8) is 0 Å². The van der Waals surface area contributed by atoms with Crippen LogP contribution in [0.1, 0.15) is 17.0 Å². The Morgan fingerprint density at radius 2 is 1.90 bits per heavy atom. The number of fused-ring (bicyclic) bond motifs is 2. The van der Waals surface area contributed by atoms with Gasteiger partial charge in [-0.2, -0.15) is 0 Å². The van der Waals surface area contributed by atoms with Gasteiger partial charge < -0.3 is 10.3 Å². The number of hydrogen-bond acceptors (Lipinski definition) is 1. The molecular weight excluding hydrogens is 316 g/mol. The van der Waals surface area contributed by atoms with Crippen LogP contribution in [0.5, 0.6) is 0 Å². The Kier molecular flexibility index (Phi) is 2.47. The van der Waals surface area contributed by atoms with Crippen LogP contribution in [0.2, 0.25) is 0 Å². The Labute approximate surface area is 124 Å². The van der Waals surface area contributed by atoms with Gasteiger partial charge in [-0.3, -0.25) is 4.79 Å². The van der Waals surface area contributed by atoms with Crippen LogP contribution in [0.25, 0.3) is 10.9 Å². The summed E-state index contributed by atoms with van der Waals surface area (Å²) < 4.78 is 0.984. The quantitative estimate of drug-likeness (QED) is 0.697. The van der Waals surface area contributed by atoms with Crippen molar-refractivity contribution in [2.45, 2.75) is 5.92 Å². The third-order valence-electron chi connectivity index (χ3n) is 3.78. The molecule has 0 radical (unpaired) electrons. The molecule has 0 aliphatic carbocycles. The Morgan fingerprint density at radius 3 is 2.80 bits per heavy atom. The molecule has 1 aromatic heterocycles. The van der Waals surface area contributed by atoms with Crippen LogP contribution in [-0.4, -0.2) is 10.9 Å². The average Bonchev–Trinajstić information content (AvgIpc) is 2.99. The van der Waals surface area contributed by atoms with Gasteiger partial charge in [0.2, 0.25) is 5.91 Å². The molecular formula is C16H11BrN2O. The lowest BCUT2D eigenvalue weighted by molar-refractivity contribution is -0.116. The number of amides is 1. The molecule has 2 N–H and O–H groups in total. The predicted molar refractivity (Wildman–Crippen MR) is 82.9 cm³/mol.